The van der Waals surface area contributed by atoms with Crippen LogP contribution in [0.25, 0.3) is 0 Å². The normalized spacial score (nSPS) is 10.2. The lowest BCUT2D eigenvalue weighted by molar-refractivity contribution is 0.102. The zero-order valence-electron chi connectivity index (χ0n) is 9.58. The molecule has 0 aliphatic rings. The fourth-order valence-electron chi connectivity index (χ4n) is 1.48. The van der Waals surface area contributed by atoms with E-state index >= 15 is 0 Å². The third kappa shape index (κ3) is 2.73. The van der Waals surface area contributed by atoms with Crippen LogP contribution in [0.2, 0.25) is 0 Å². The topological polar surface area (TPSA) is 42.0 Å². The molecule has 1 aromatic carbocycles. The molecule has 1 N–H and O–H groups in total. The fourth-order valence-corrected chi connectivity index (χ4v) is 1.92. The van der Waals surface area contributed by atoms with Crippen molar-refractivity contribution in [1.82, 2.24) is 4.98 Å². The number of amides is 1. The van der Waals surface area contributed by atoms with Crippen LogP contribution in [0.1, 0.15) is 16.1 Å². The second kappa shape index (κ2) is 5.27. The SMILES string of the molecule is Cc1cccc(NC(=O)c2cccc(F)c2Br)n1. The average molecular weight is 309 g/mol. The summed E-state index contributed by atoms with van der Waals surface area (Å²) in [5, 5.41) is 2.62. The lowest BCUT2D eigenvalue weighted by Crippen LogP contribution is -2.14. The van der Waals surface area contributed by atoms with E-state index in [1.54, 1.807) is 12.1 Å². The highest BCUT2D eigenvalue weighted by Crippen LogP contribution is 2.21. The zero-order valence-corrected chi connectivity index (χ0v) is 11.2. The number of anilines is 1. The number of rotatable bonds is 2. The highest BCUT2D eigenvalue weighted by Gasteiger charge is 2.13. The van der Waals surface area contributed by atoms with Crippen LogP contribution in [0.4, 0.5) is 10.2 Å². The minimum absolute atomic E-state index is 0.148. The number of carbonyl (C=O) groups excluding carboxylic acids is 1. The first-order chi connectivity index (χ1) is 8.58. The fraction of sp³-hybridized carbons (Fsp3) is 0.0769. The summed E-state index contributed by atoms with van der Waals surface area (Å²) in [6.07, 6.45) is 0. The number of nitrogens with zero attached hydrogens (tertiary/aromatic N) is 1. The molecule has 0 bridgehead atoms. The van der Waals surface area contributed by atoms with Gasteiger partial charge in [-0.15, -0.1) is 0 Å². The predicted molar refractivity (Wildman–Crippen MR) is 71.0 cm³/mol. The molecule has 18 heavy (non-hydrogen) atoms. The van der Waals surface area contributed by atoms with E-state index in [1.807, 2.05) is 13.0 Å². The van der Waals surface area contributed by atoms with E-state index in [4.69, 9.17) is 0 Å². The number of benzene rings is 1. The molecule has 1 aromatic heterocycles. The van der Waals surface area contributed by atoms with Gasteiger partial charge >= 0.3 is 0 Å². The highest BCUT2D eigenvalue weighted by molar-refractivity contribution is 9.10. The maximum atomic E-state index is 13.3. The summed E-state index contributed by atoms with van der Waals surface area (Å²) in [5.41, 5.74) is 1.03. The molecule has 0 radical (unpaired) electrons. The summed E-state index contributed by atoms with van der Waals surface area (Å²) >= 11 is 3.05. The Balaban J connectivity index is 2.25. The van der Waals surface area contributed by atoms with Gasteiger partial charge < -0.3 is 5.32 Å². The first kappa shape index (κ1) is 12.7. The minimum atomic E-state index is -0.472. The number of halogens is 2. The van der Waals surface area contributed by atoms with E-state index in [0.717, 1.165) is 5.69 Å². The molecule has 1 amide bonds. The minimum Gasteiger partial charge on any atom is -0.307 e. The molecule has 0 atom stereocenters. The standard InChI is InChI=1S/C13H10BrFN2O/c1-8-4-2-7-11(16-8)17-13(18)9-5-3-6-10(15)12(9)14/h2-7H,1H3,(H,16,17,18). The molecular formula is C13H10BrFN2O. The Hall–Kier alpha value is -1.75. The third-order valence-electron chi connectivity index (χ3n) is 2.33. The van der Waals surface area contributed by atoms with Crippen LogP contribution in [0.5, 0.6) is 0 Å². The molecule has 0 saturated heterocycles. The summed E-state index contributed by atoms with van der Waals surface area (Å²) in [7, 11) is 0. The van der Waals surface area contributed by atoms with Crippen molar-refractivity contribution >= 4 is 27.7 Å². The molecule has 0 fully saturated rings. The molecule has 3 nitrogen and oxygen atoms in total. The lowest BCUT2D eigenvalue weighted by Gasteiger charge is -2.07. The van der Waals surface area contributed by atoms with Crippen molar-refractivity contribution in [3.8, 4) is 0 Å². The Morgan fingerprint density at radius 1 is 1.28 bits per heavy atom. The first-order valence-corrected chi connectivity index (χ1v) is 6.06. The maximum absolute atomic E-state index is 13.3. The largest absolute Gasteiger partial charge is 0.307 e. The number of nitrogens with one attached hydrogen (secondary N) is 1. The van der Waals surface area contributed by atoms with Crippen LogP contribution in [-0.4, -0.2) is 10.9 Å². The van der Waals surface area contributed by atoms with Crippen LogP contribution in [-0.2, 0) is 0 Å². The van der Waals surface area contributed by atoms with E-state index in [9.17, 15) is 9.18 Å². The van der Waals surface area contributed by atoms with E-state index < -0.39 is 11.7 Å². The van der Waals surface area contributed by atoms with Gasteiger partial charge in [0.1, 0.15) is 11.6 Å². The molecule has 0 aliphatic heterocycles. The second-order valence-electron chi connectivity index (χ2n) is 3.72. The van der Waals surface area contributed by atoms with Crippen molar-refractivity contribution in [3.05, 3.63) is 57.9 Å². The van der Waals surface area contributed by atoms with Gasteiger partial charge in [0.25, 0.3) is 5.91 Å². The van der Waals surface area contributed by atoms with Gasteiger partial charge in [-0.3, -0.25) is 4.79 Å². The van der Waals surface area contributed by atoms with Crippen LogP contribution in [0.15, 0.2) is 40.9 Å². The lowest BCUT2D eigenvalue weighted by atomic mass is 10.2. The van der Waals surface area contributed by atoms with Gasteiger partial charge in [0.2, 0.25) is 0 Å². The number of hydrogen-bond donors (Lipinski definition) is 1. The van der Waals surface area contributed by atoms with Crippen LogP contribution < -0.4 is 5.32 Å². The highest BCUT2D eigenvalue weighted by atomic mass is 79.9. The Labute approximate surface area is 112 Å². The van der Waals surface area contributed by atoms with Crippen LogP contribution in [0, 0.1) is 12.7 Å². The maximum Gasteiger partial charge on any atom is 0.258 e. The summed E-state index contributed by atoms with van der Waals surface area (Å²) < 4.78 is 13.4. The number of aryl methyl sites for hydroxylation is 1. The van der Waals surface area contributed by atoms with Crippen molar-refractivity contribution in [2.75, 3.05) is 5.32 Å². The van der Waals surface area contributed by atoms with Gasteiger partial charge in [-0.2, -0.15) is 0 Å². The molecule has 0 spiro atoms. The van der Waals surface area contributed by atoms with Crippen molar-refractivity contribution < 1.29 is 9.18 Å². The smallest absolute Gasteiger partial charge is 0.258 e. The van der Waals surface area contributed by atoms with Gasteiger partial charge in [0, 0.05) is 5.69 Å². The van der Waals surface area contributed by atoms with Gasteiger partial charge in [-0.25, -0.2) is 9.37 Å². The molecule has 0 aliphatic carbocycles. The molecule has 2 aromatic rings. The van der Waals surface area contributed by atoms with Gasteiger partial charge in [0.05, 0.1) is 10.0 Å². The van der Waals surface area contributed by atoms with Crippen molar-refractivity contribution in [1.29, 1.82) is 0 Å². The molecular weight excluding hydrogens is 299 g/mol. The summed E-state index contributed by atoms with van der Waals surface area (Å²) in [6, 6.07) is 9.60. The van der Waals surface area contributed by atoms with Crippen molar-refractivity contribution in [3.63, 3.8) is 0 Å². The summed E-state index contributed by atoms with van der Waals surface area (Å²) in [4.78, 5) is 16.1. The van der Waals surface area contributed by atoms with Crippen LogP contribution >= 0.6 is 15.9 Å². The Bertz CT molecular complexity index is 601. The predicted octanol–water partition coefficient (Wildman–Crippen LogP) is 3.54. The van der Waals surface area contributed by atoms with E-state index in [1.165, 1.54) is 18.2 Å². The molecule has 0 saturated carbocycles. The Morgan fingerprint density at radius 3 is 2.72 bits per heavy atom. The van der Waals surface area contributed by atoms with E-state index in [-0.39, 0.29) is 10.0 Å². The second-order valence-corrected chi connectivity index (χ2v) is 4.51. The van der Waals surface area contributed by atoms with Gasteiger partial charge in [-0.1, -0.05) is 12.1 Å². The Kier molecular flexibility index (Phi) is 3.72. The number of carbonyl (C=O) groups is 1. The molecule has 1 heterocycles. The third-order valence-corrected chi connectivity index (χ3v) is 3.13. The number of hydrogen-bond acceptors (Lipinski definition) is 2. The molecule has 0 unspecified atom stereocenters. The zero-order chi connectivity index (χ0) is 13.1. The number of pyridine rings is 1. The van der Waals surface area contributed by atoms with E-state index in [0.29, 0.717) is 5.82 Å². The van der Waals surface area contributed by atoms with Crippen molar-refractivity contribution in [2.24, 2.45) is 0 Å². The first-order valence-electron chi connectivity index (χ1n) is 5.27. The summed E-state index contributed by atoms with van der Waals surface area (Å²) in [6.45, 7) is 1.83. The molecule has 5 heteroatoms. The van der Waals surface area contributed by atoms with E-state index in [2.05, 4.69) is 26.2 Å². The average Bonchev–Trinajstić information content (AvgIpc) is 2.32. The van der Waals surface area contributed by atoms with Gasteiger partial charge in [-0.05, 0) is 47.1 Å². The van der Waals surface area contributed by atoms with Crippen LogP contribution in [0.3, 0.4) is 0 Å². The summed E-state index contributed by atoms with van der Waals surface area (Å²) in [5.74, 6) is -0.435. The monoisotopic (exact) mass is 308 g/mol. The van der Waals surface area contributed by atoms with Crippen molar-refractivity contribution in [2.45, 2.75) is 6.92 Å². The molecule has 2 rings (SSSR count). The Morgan fingerprint density at radius 2 is 2.00 bits per heavy atom. The quantitative estimate of drug-likeness (QED) is 0.922. The molecule has 92 valence electrons. The number of aromatic nitrogens is 1. The van der Waals surface area contributed by atoms with Gasteiger partial charge in [0.15, 0.2) is 0 Å².